The number of fused-ring (bicyclic) bond motifs is 3. The highest BCUT2D eigenvalue weighted by molar-refractivity contribution is 7.98. The molecule has 5 aromatic rings. The molecule has 33 heavy (non-hydrogen) atoms. The van der Waals surface area contributed by atoms with Crippen molar-refractivity contribution in [2.45, 2.75) is 43.6 Å². The van der Waals surface area contributed by atoms with E-state index in [2.05, 4.69) is 27.3 Å². The number of rotatable bonds is 8. The van der Waals surface area contributed by atoms with Crippen LogP contribution in [-0.2, 0) is 12.3 Å². The number of aromatic nitrogens is 6. The summed E-state index contributed by atoms with van der Waals surface area (Å²) in [5, 5.41) is 13.9. The van der Waals surface area contributed by atoms with E-state index >= 15 is 0 Å². The zero-order valence-electron chi connectivity index (χ0n) is 17.9. The van der Waals surface area contributed by atoms with E-state index in [-0.39, 0.29) is 11.4 Å². The summed E-state index contributed by atoms with van der Waals surface area (Å²) < 4.78 is 22.1. The molecule has 168 valence electrons. The summed E-state index contributed by atoms with van der Waals surface area (Å²) in [5.41, 5.74) is 1.37. The van der Waals surface area contributed by atoms with E-state index in [1.165, 1.54) is 23.9 Å². The summed E-state index contributed by atoms with van der Waals surface area (Å²) in [6.45, 7) is 2.72. The first-order valence-corrected chi connectivity index (χ1v) is 11.7. The van der Waals surface area contributed by atoms with Gasteiger partial charge in [0.2, 0.25) is 17.5 Å². The van der Waals surface area contributed by atoms with Crippen LogP contribution in [0.3, 0.4) is 0 Å². The second-order valence-corrected chi connectivity index (χ2v) is 8.55. The number of aryl methyl sites for hydroxylation is 1. The summed E-state index contributed by atoms with van der Waals surface area (Å²) in [4.78, 5) is 17.5. The largest absolute Gasteiger partial charge is 0.338 e. The van der Waals surface area contributed by atoms with Gasteiger partial charge in [-0.15, -0.1) is 10.2 Å². The fourth-order valence-electron chi connectivity index (χ4n) is 3.70. The lowest BCUT2D eigenvalue weighted by atomic mass is 10.2. The Morgan fingerprint density at radius 3 is 2.70 bits per heavy atom. The summed E-state index contributed by atoms with van der Waals surface area (Å²) >= 11 is 1.40. The van der Waals surface area contributed by atoms with Crippen molar-refractivity contribution in [3.63, 3.8) is 0 Å². The van der Waals surface area contributed by atoms with E-state index in [1.807, 2.05) is 28.7 Å². The van der Waals surface area contributed by atoms with Crippen molar-refractivity contribution in [1.82, 2.24) is 29.3 Å². The molecule has 0 N–H and O–H groups in total. The maximum atomic E-state index is 13.2. The van der Waals surface area contributed by atoms with Gasteiger partial charge in [0.1, 0.15) is 5.82 Å². The Kier molecular flexibility index (Phi) is 5.91. The number of hydrogen-bond donors (Lipinski definition) is 0. The molecule has 0 bridgehead atoms. The number of benzene rings is 2. The van der Waals surface area contributed by atoms with Crippen LogP contribution >= 0.6 is 11.8 Å². The average molecular weight is 465 g/mol. The molecule has 0 amide bonds. The molecular formula is C23H21FN6O2S. The Morgan fingerprint density at radius 1 is 1.06 bits per heavy atom. The smallest absolute Gasteiger partial charge is 0.262 e. The molecule has 0 radical (unpaired) electrons. The van der Waals surface area contributed by atoms with Crippen molar-refractivity contribution >= 4 is 28.4 Å². The molecule has 0 aliphatic carbocycles. The number of para-hydroxylation sites is 1. The lowest BCUT2D eigenvalue weighted by Crippen LogP contribution is -2.23. The third-order valence-electron chi connectivity index (χ3n) is 5.36. The molecule has 0 unspecified atom stereocenters. The molecule has 3 aromatic heterocycles. The van der Waals surface area contributed by atoms with Crippen LogP contribution in [0.25, 0.3) is 28.1 Å². The van der Waals surface area contributed by atoms with E-state index in [1.54, 1.807) is 16.7 Å². The van der Waals surface area contributed by atoms with Crippen molar-refractivity contribution in [3.05, 3.63) is 70.6 Å². The summed E-state index contributed by atoms with van der Waals surface area (Å²) in [6, 6.07) is 13.4. The van der Waals surface area contributed by atoms with Gasteiger partial charge in [0.15, 0.2) is 5.16 Å². The van der Waals surface area contributed by atoms with E-state index in [9.17, 15) is 9.18 Å². The van der Waals surface area contributed by atoms with E-state index in [4.69, 9.17) is 4.52 Å². The van der Waals surface area contributed by atoms with Crippen LogP contribution in [0.15, 0.2) is 63.0 Å². The minimum atomic E-state index is -0.322. The summed E-state index contributed by atoms with van der Waals surface area (Å²) in [5.74, 6) is 1.38. The average Bonchev–Trinajstić information content (AvgIpc) is 3.48. The number of nitrogens with zero attached hydrogens (tertiary/aromatic N) is 6. The molecule has 8 nitrogen and oxygen atoms in total. The molecule has 2 aromatic carbocycles. The minimum Gasteiger partial charge on any atom is -0.338 e. The highest BCUT2D eigenvalue weighted by Gasteiger charge is 2.18. The molecule has 0 aliphatic rings. The first-order chi connectivity index (χ1) is 16.2. The Hall–Kier alpha value is -3.53. The monoisotopic (exact) mass is 464 g/mol. The predicted octanol–water partition coefficient (Wildman–Crippen LogP) is 4.72. The van der Waals surface area contributed by atoms with Gasteiger partial charge in [0, 0.05) is 12.1 Å². The molecule has 0 saturated carbocycles. The lowest BCUT2D eigenvalue weighted by molar-refractivity contribution is 0.391. The second-order valence-electron chi connectivity index (χ2n) is 7.61. The second kappa shape index (κ2) is 9.14. The zero-order chi connectivity index (χ0) is 22.8. The summed E-state index contributed by atoms with van der Waals surface area (Å²) in [7, 11) is 0. The van der Waals surface area contributed by atoms with Crippen LogP contribution < -0.4 is 5.56 Å². The van der Waals surface area contributed by atoms with Crippen LogP contribution in [0.2, 0.25) is 0 Å². The fraction of sp³-hybridized carbons (Fsp3) is 0.261. The maximum absolute atomic E-state index is 13.2. The van der Waals surface area contributed by atoms with Crippen molar-refractivity contribution in [2.75, 3.05) is 0 Å². The van der Waals surface area contributed by atoms with Gasteiger partial charge in [-0.05, 0) is 42.8 Å². The van der Waals surface area contributed by atoms with Gasteiger partial charge in [-0.25, -0.2) is 4.39 Å². The standard InChI is InChI=1S/C23H21FN6O2S/c1-2-3-6-13-29-21(31)17-7-4-5-8-18(17)30-22(29)26-27-23(30)33-14-19-25-20(28-32-19)15-9-11-16(24)12-10-15/h4-5,7-12H,2-3,6,13-14H2,1H3. The molecule has 10 heteroatoms. The summed E-state index contributed by atoms with van der Waals surface area (Å²) in [6.07, 6.45) is 3.00. The van der Waals surface area contributed by atoms with Gasteiger partial charge in [0.05, 0.1) is 16.7 Å². The number of halogens is 1. The molecular weight excluding hydrogens is 443 g/mol. The minimum absolute atomic E-state index is 0.0565. The third kappa shape index (κ3) is 4.13. The molecule has 0 aliphatic heterocycles. The molecule has 0 spiro atoms. The molecule has 0 saturated heterocycles. The van der Waals surface area contributed by atoms with E-state index in [0.717, 1.165) is 24.8 Å². The number of hydrogen-bond acceptors (Lipinski definition) is 7. The van der Waals surface area contributed by atoms with E-state index < -0.39 is 0 Å². The normalized spacial score (nSPS) is 11.6. The third-order valence-corrected chi connectivity index (χ3v) is 6.27. The molecule has 0 fully saturated rings. The Balaban J connectivity index is 1.47. The first kappa shape index (κ1) is 21.3. The van der Waals surface area contributed by atoms with Crippen molar-refractivity contribution in [3.8, 4) is 11.4 Å². The topological polar surface area (TPSA) is 91.1 Å². The predicted molar refractivity (Wildman–Crippen MR) is 124 cm³/mol. The van der Waals surface area contributed by atoms with Gasteiger partial charge in [0.25, 0.3) is 5.56 Å². The Bertz CT molecular complexity index is 1470. The van der Waals surface area contributed by atoms with Crippen LogP contribution in [-0.4, -0.2) is 29.3 Å². The van der Waals surface area contributed by atoms with Gasteiger partial charge < -0.3 is 4.52 Å². The van der Waals surface area contributed by atoms with Crippen LogP contribution in [0.1, 0.15) is 32.1 Å². The lowest BCUT2D eigenvalue weighted by Gasteiger charge is -2.10. The van der Waals surface area contributed by atoms with Crippen molar-refractivity contribution in [1.29, 1.82) is 0 Å². The van der Waals surface area contributed by atoms with Gasteiger partial charge in [-0.2, -0.15) is 4.98 Å². The quantitative estimate of drug-likeness (QED) is 0.242. The van der Waals surface area contributed by atoms with Crippen LogP contribution in [0.4, 0.5) is 4.39 Å². The van der Waals surface area contributed by atoms with E-state index in [0.29, 0.717) is 45.9 Å². The van der Waals surface area contributed by atoms with Gasteiger partial charge in [-0.1, -0.05) is 48.8 Å². The van der Waals surface area contributed by atoms with Gasteiger partial charge >= 0.3 is 0 Å². The Labute approximate surface area is 192 Å². The fourth-order valence-corrected chi connectivity index (χ4v) is 4.48. The molecule has 5 rings (SSSR count). The van der Waals surface area contributed by atoms with Crippen molar-refractivity contribution < 1.29 is 8.91 Å². The molecule has 0 atom stereocenters. The van der Waals surface area contributed by atoms with Crippen LogP contribution in [0, 0.1) is 5.82 Å². The SMILES string of the molecule is CCCCCn1c(=O)c2ccccc2n2c(SCc3nc(-c4ccc(F)cc4)no3)nnc12. The molecule has 3 heterocycles. The van der Waals surface area contributed by atoms with Gasteiger partial charge in [-0.3, -0.25) is 13.8 Å². The first-order valence-electron chi connectivity index (χ1n) is 10.7. The zero-order valence-corrected chi connectivity index (χ0v) is 18.8. The van der Waals surface area contributed by atoms with Crippen LogP contribution in [0.5, 0.6) is 0 Å². The maximum Gasteiger partial charge on any atom is 0.262 e. The van der Waals surface area contributed by atoms with Crippen molar-refractivity contribution in [2.24, 2.45) is 0 Å². The highest BCUT2D eigenvalue weighted by atomic mass is 32.2. The highest BCUT2D eigenvalue weighted by Crippen LogP contribution is 2.25. The Morgan fingerprint density at radius 2 is 1.88 bits per heavy atom. The number of thioether (sulfide) groups is 1. The number of unbranched alkanes of at least 4 members (excludes halogenated alkanes) is 2.